The topological polar surface area (TPSA) is 20.7 Å². The Bertz CT molecular complexity index is 3930. The molecule has 298 valence electrons. The molecular weight excluding hydrogens is 773 g/mol. The van der Waals surface area contributed by atoms with Gasteiger partial charge in [0.2, 0.25) is 0 Å². The fourth-order valence-corrected chi connectivity index (χ4v) is 10.5. The molecular formula is C62H40N2. The van der Waals surface area contributed by atoms with Gasteiger partial charge in [-0.1, -0.05) is 200 Å². The van der Waals surface area contributed by atoms with Crippen LogP contribution in [-0.2, 0) is 0 Å². The summed E-state index contributed by atoms with van der Waals surface area (Å²) < 4.78 is 2.46. The first-order chi connectivity index (χ1) is 31.8. The van der Waals surface area contributed by atoms with E-state index < -0.39 is 0 Å². The van der Waals surface area contributed by atoms with Crippen LogP contribution in [0.25, 0.3) is 126 Å². The predicted octanol–water partition coefficient (Wildman–Crippen LogP) is 17.1. The molecule has 2 heterocycles. The summed E-state index contributed by atoms with van der Waals surface area (Å²) in [6, 6.07) is 86.9. The molecule has 0 aliphatic carbocycles. The van der Waals surface area contributed by atoms with Gasteiger partial charge in [-0.05, 0) is 102 Å². The van der Waals surface area contributed by atoms with E-state index in [1.807, 2.05) is 0 Å². The van der Waals surface area contributed by atoms with E-state index in [1.54, 1.807) is 0 Å². The molecule has 0 radical (unpaired) electrons. The zero-order valence-corrected chi connectivity index (χ0v) is 35.0. The van der Waals surface area contributed by atoms with Crippen LogP contribution in [0.5, 0.6) is 0 Å². The first kappa shape index (κ1) is 36.2. The molecule has 0 atom stereocenters. The summed E-state index contributed by atoms with van der Waals surface area (Å²) in [5.41, 5.74) is 17.8. The average molecular weight is 813 g/mol. The van der Waals surface area contributed by atoms with Crippen LogP contribution >= 0.6 is 0 Å². The van der Waals surface area contributed by atoms with Crippen LogP contribution in [0.3, 0.4) is 0 Å². The number of hydrogen-bond acceptors (Lipinski definition) is 0. The molecule has 2 nitrogen and oxygen atoms in total. The van der Waals surface area contributed by atoms with Crippen LogP contribution in [0.15, 0.2) is 237 Å². The highest BCUT2D eigenvalue weighted by Crippen LogP contribution is 2.49. The Morgan fingerprint density at radius 2 is 0.828 bits per heavy atom. The van der Waals surface area contributed by atoms with Crippen LogP contribution in [0.4, 0.5) is 0 Å². The van der Waals surface area contributed by atoms with Crippen molar-refractivity contribution in [1.82, 2.24) is 9.55 Å². The van der Waals surface area contributed by atoms with Gasteiger partial charge in [0.05, 0.1) is 16.6 Å². The largest absolute Gasteiger partial charge is 0.354 e. The molecule has 0 aliphatic rings. The quantitative estimate of drug-likeness (QED) is 0.162. The van der Waals surface area contributed by atoms with E-state index in [0.29, 0.717) is 0 Å². The molecule has 0 unspecified atom stereocenters. The average Bonchev–Trinajstić information content (AvgIpc) is 3.92. The number of hydrogen-bond donors (Lipinski definition) is 1. The predicted molar refractivity (Wildman–Crippen MR) is 272 cm³/mol. The van der Waals surface area contributed by atoms with Gasteiger partial charge in [0.1, 0.15) is 0 Å². The Morgan fingerprint density at radius 3 is 1.56 bits per heavy atom. The number of benzene rings is 11. The second kappa shape index (κ2) is 14.6. The molecule has 0 aliphatic heterocycles. The van der Waals surface area contributed by atoms with Gasteiger partial charge in [-0.2, -0.15) is 0 Å². The maximum absolute atomic E-state index is 3.84. The molecule has 64 heavy (non-hydrogen) atoms. The zero-order chi connectivity index (χ0) is 42.1. The van der Waals surface area contributed by atoms with Crippen molar-refractivity contribution in [3.63, 3.8) is 0 Å². The minimum absolute atomic E-state index is 1.14. The Balaban J connectivity index is 1.19. The monoisotopic (exact) mass is 812 g/mol. The first-order valence-corrected chi connectivity index (χ1v) is 22.1. The van der Waals surface area contributed by atoms with Crippen molar-refractivity contribution >= 4 is 65.2 Å². The number of rotatable bonds is 6. The van der Waals surface area contributed by atoms with Gasteiger partial charge in [0.25, 0.3) is 0 Å². The van der Waals surface area contributed by atoms with Gasteiger partial charge in [-0.15, -0.1) is 0 Å². The standard InChI is InChI=1S/C62H40N2/c1-4-18-40(19-5-1)42-36-37-44(41-20-6-2-7-21-41)57(38-42)60-49-28-14-26-45(51-30-16-31-52-47-24-10-12-34-58(47)63-61(51)52)55(49)39-56-46(27-15-29-50(56)60)53-32-17-33-54-48-25-11-13-35-59(48)64(62(53)54)43-22-8-3-9-23-43/h1-39,63H. The van der Waals surface area contributed by atoms with Gasteiger partial charge in [0, 0.05) is 43.9 Å². The fourth-order valence-electron chi connectivity index (χ4n) is 10.5. The lowest BCUT2D eigenvalue weighted by atomic mass is 9.83. The minimum atomic E-state index is 1.14. The number of H-pyrrole nitrogens is 1. The molecule has 0 amide bonds. The number of nitrogens with one attached hydrogen (secondary N) is 1. The number of para-hydroxylation sites is 5. The summed E-state index contributed by atoms with van der Waals surface area (Å²) in [4.78, 5) is 3.84. The van der Waals surface area contributed by atoms with Crippen LogP contribution < -0.4 is 0 Å². The van der Waals surface area contributed by atoms with Gasteiger partial charge in [-0.3, -0.25) is 0 Å². The maximum Gasteiger partial charge on any atom is 0.0619 e. The van der Waals surface area contributed by atoms with E-state index in [0.717, 1.165) is 16.7 Å². The van der Waals surface area contributed by atoms with E-state index >= 15 is 0 Å². The van der Waals surface area contributed by atoms with Gasteiger partial charge in [0.15, 0.2) is 0 Å². The zero-order valence-electron chi connectivity index (χ0n) is 35.0. The van der Waals surface area contributed by atoms with E-state index in [2.05, 4.69) is 246 Å². The Hall–Kier alpha value is -8.46. The third-order valence-electron chi connectivity index (χ3n) is 13.4. The summed E-state index contributed by atoms with van der Waals surface area (Å²) in [6.45, 7) is 0. The van der Waals surface area contributed by atoms with E-state index in [1.165, 1.54) is 110 Å². The fraction of sp³-hybridized carbons (Fsp3) is 0. The van der Waals surface area contributed by atoms with Crippen molar-refractivity contribution in [2.24, 2.45) is 0 Å². The normalized spacial score (nSPS) is 11.8. The van der Waals surface area contributed by atoms with Crippen LogP contribution in [-0.4, -0.2) is 9.55 Å². The van der Waals surface area contributed by atoms with Crippen molar-refractivity contribution in [3.05, 3.63) is 237 Å². The lowest BCUT2D eigenvalue weighted by Crippen LogP contribution is -1.96. The highest BCUT2D eigenvalue weighted by molar-refractivity contribution is 6.24. The van der Waals surface area contributed by atoms with E-state index in [4.69, 9.17) is 0 Å². The highest BCUT2D eigenvalue weighted by Gasteiger charge is 2.23. The molecule has 13 aromatic rings. The van der Waals surface area contributed by atoms with E-state index in [-0.39, 0.29) is 0 Å². The second-order valence-corrected chi connectivity index (χ2v) is 16.8. The number of aromatic amines is 1. The van der Waals surface area contributed by atoms with Crippen molar-refractivity contribution in [3.8, 4) is 61.3 Å². The summed E-state index contributed by atoms with van der Waals surface area (Å²) in [5.74, 6) is 0. The lowest BCUT2D eigenvalue weighted by Gasteiger charge is -2.21. The second-order valence-electron chi connectivity index (χ2n) is 16.8. The van der Waals surface area contributed by atoms with Crippen LogP contribution in [0.1, 0.15) is 0 Å². The molecule has 0 saturated carbocycles. The summed E-state index contributed by atoms with van der Waals surface area (Å²) in [7, 11) is 0. The minimum Gasteiger partial charge on any atom is -0.354 e. The van der Waals surface area contributed by atoms with Crippen LogP contribution in [0, 0.1) is 0 Å². The SMILES string of the molecule is c1ccc(-c2ccc(-c3ccccc3)c(-c3c4cccc(-c5cccc6c5[nH]c5ccccc56)c4cc4c(-c5cccc6c7ccccc7n(-c7ccccc7)c56)cccc34)c2)cc1. The molecule has 2 aromatic heterocycles. The maximum atomic E-state index is 3.84. The Labute approximate surface area is 370 Å². The smallest absolute Gasteiger partial charge is 0.0619 e. The molecule has 0 fully saturated rings. The van der Waals surface area contributed by atoms with Crippen molar-refractivity contribution in [1.29, 1.82) is 0 Å². The van der Waals surface area contributed by atoms with Crippen molar-refractivity contribution in [2.45, 2.75) is 0 Å². The molecule has 11 aromatic carbocycles. The Morgan fingerprint density at radius 1 is 0.281 bits per heavy atom. The van der Waals surface area contributed by atoms with Crippen molar-refractivity contribution < 1.29 is 0 Å². The molecule has 13 rings (SSSR count). The molecule has 2 heteroatoms. The molecule has 0 saturated heterocycles. The summed E-state index contributed by atoms with van der Waals surface area (Å²) in [6.07, 6.45) is 0. The van der Waals surface area contributed by atoms with Gasteiger partial charge in [-0.25, -0.2) is 0 Å². The third kappa shape index (κ3) is 5.59. The highest BCUT2D eigenvalue weighted by atomic mass is 15.0. The van der Waals surface area contributed by atoms with Gasteiger partial charge < -0.3 is 9.55 Å². The molecule has 1 N–H and O–H groups in total. The van der Waals surface area contributed by atoms with E-state index in [9.17, 15) is 0 Å². The summed E-state index contributed by atoms with van der Waals surface area (Å²) >= 11 is 0. The number of nitrogens with zero attached hydrogens (tertiary/aromatic N) is 1. The third-order valence-corrected chi connectivity index (χ3v) is 13.4. The lowest BCUT2D eigenvalue weighted by molar-refractivity contribution is 1.18. The van der Waals surface area contributed by atoms with Crippen molar-refractivity contribution in [2.75, 3.05) is 0 Å². The number of aromatic nitrogens is 2. The number of fused-ring (bicyclic) bond motifs is 8. The first-order valence-electron chi connectivity index (χ1n) is 22.1. The molecule has 0 bridgehead atoms. The molecule has 0 spiro atoms. The Kier molecular flexibility index (Phi) is 8.25. The van der Waals surface area contributed by atoms with Crippen LogP contribution in [0.2, 0.25) is 0 Å². The van der Waals surface area contributed by atoms with Gasteiger partial charge >= 0.3 is 0 Å². The summed E-state index contributed by atoms with van der Waals surface area (Å²) in [5, 5.41) is 9.80.